The van der Waals surface area contributed by atoms with Gasteiger partial charge in [0.15, 0.2) is 0 Å². The Balaban J connectivity index is 1.83. The smallest absolute Gasteiger partial charge is 0.343 e. The standard InChI is InChI=1S/C19H13ClO4/c20-16-11-14(7-9-17(16)21)24-19(23)13-6-8-15(18(22)10-13)12-4-2-1-3-5-12/h1-11,21-22H. The lowest BCUT2D eigenvalue weighted by molar-refractivity contribution is 0.0734. The fourth-order valence-corrected chi connectivity index (χ4v) is 2.41. The largest absolute Gasteiger partial charge is 0.507 e. The van der Waals surface area contributed by atoms with Crippen molar-refractivity contribution in [2.24, 2.45) is 0 Å². The van der Waals surface area contributed by atoms with E-state index in [4.69, 9.17) is 16.3 Å². The molecule has 0 saturated heterocycles. The van der Waals surface area contributed by atoms with E-state index < -0.39 is 5.97 Å². The zero-order chi connectivity index (χ0) is 17.1. The number of phenols is 2. The molecule has 0 fully saturated rings. The van der Waals surface area contributed by atoms with Crippen molar-refractivity contribution in [1.29, 1.82) is 0 Å². The SMILES string of the molecule is O=C(Oc1ccc(O)c(Cl)c1)c1ccc(-c2ccccc2)c(O)c1. The van der Waals surface area contributed by atoms with Crippen LogP contribution in [-0.4, -0.2) is 16.2 Å². The van der Waals surface area contributed by atoms with Crippen molar-refractivity contribution in [3.05, 3.63) is 77.3 Å². The van der Waals surface area contributed by atoms with Crippen LogP contribution in [0.4, 0.5) is 0 Å². The molecule has 0 spiro atoms. The molecule has 4 nitrogen and oxygen atoms in total. The molecule has 24 heavy (non-hydrogen) atoms. The molecule has 0 aliphatic heterocycles. The summed E-state index contributed by atoms with van der Waals surface area (Å²) in [5.41, 5.74) is 1.68. The summed E-state index contributed by atoms with van der Waals surface area (Å²) in [6.07, 6.45) is 0. The van der Waals surface area contributed by atoms with Crippen molar-refractivity contribution < 1.29 is 19.7 Å². The molecule has 3 aromatic carbocycles. The van der Waals surface area contributed by atoms with Crippen molar-refractivity contribution in [3.8, 4) is 28.4 Å². The van der Waals surface area contributed by atoms with Gasteiger partial charge in [0.2, 0.25) is 0 Å². The molecule has 0 bridgehead atoms. The van der Waals surface area contributed by atoms with Gasteiger partial charge in [0, 0.05) is 11.6 Å². The summed E-state index contributed by atoms with van der Waals surface area (Å²) in [6, 6.07) is 18.0. The van der Waals surface area contributed by atoms with E-state index in [9.17, 15) is 15.0 Å². The number of carbonyl (C=O) groups excluding carboxylic acids is 1. The van der Waals surface area contributed by atoms with Gasteiger partial charge in [-0.1, -0.05) is 41.9 Å². The minimum atomic E-state index is -0.633. The van der Waals surface area contributed by atoms with Gasteiger partial charge in [0.25, 0.3) is 0 Å². The third-order valence-electron chi connectivity index (χ3n) is 3.45. The van der Waals surface area contributed by atoms with Gasteiger partial charge in [-0.05, 0) is 35.9 Å². The van der Waals surface area contributed by atoms with E-state index in [0.29, 0.717) is 5.56 Å². The highest BCUT2D eigenvalue weighted by atomic mass is 35.5. The van der Waals surface area contributed by atoms with Crippen LogP contribution in [0, 0.1) is 0 Å². The maximum Gasteiger partial charge on any atom is 0.343 e. The van der Waals surface area contributed by atoms with Crippen LogP contribution in [-0.2, 0) is 0 Å². The number of phenolic OH excluding ortho intramolecular Hbond substituents is 2. The van der Waals surface area contributed by atoms with Gasteiger partial charge < -0.3 is 14.9 Å². The molecule has 3 aromatic rings. The van der Waals surface area contributed by atoms with Gasteiger partial charge >= 0.3 is 5.97 Å². The van der Waals surface area contributed by atoms with E-state index in [1.807, 2.05) is 30.3 Å². The number of ether oxygens (including phenoxy) is 1. The zero-order valence-electron chi connectivity index (χ0n) is 12.4. The average molecular weight is 341 g/mol. The van der Waals surface area contributed by atoms with Crippen LogP contribution in [0.1, 0.15) is 10.4 Å². The van der Waals surface area contributed by atoms with Crippen molar-refractivity contribution in [1.82, 2.24) is 0 Å². The fourth-order valence-electron chi connectivity index (χ4n) is 2.24. The molecular formula is C19H13ClO4. The number of benzene rings is 3. The Morgan fingerprint density at radius 3 is 2.29 bits per heavy atom. The topological polar surface area (TPSA) is 66.8 Å². The van der Waals surface area contributed by atoms with E-state index in [0.717, 1.165) is 5.56 Å². The Morgan fingerprint density at radius 1 is 0.875 bits per heavy atom. The lowest BCUT2D eigenvalue weighted by atomic mass is 10.0. The molecule has 5 heteroatoms. The van der Waals surface area contributed by atoms with E-state index in [2.05, 4.69) is 0 Å². The predicted octanol–water partition coefficient (Wildman–Crippen LogP) is 4.64. The highest BCUT2D eigenvalue weighted by Crippen LogP contribution is 2.31. The second-order valence-electron chi connectivity index (χ2n) is 5.10. The second kappa shape index (κ2) is 6.64. The van der Waals surface area contributed by atoms with Crippen molar-refractivity contribution >= 4 is 17.6 Å². The summed E-state index contributed by atoms with van der Waals surface area (Å²) in [4.78, 5) is 12.2. The molecule has 0 radical (unpaired) electrons. The van der Waals surface area contributed by atoms with Crippen LogP contribution >= 0.6 is 11.6 Å². The molecule has 0 aromatic heterocycles. The van der Waals surface area contributed by atoms with Crippen LogP contribution in [0.2, 0.25) is 5.02 Å². The highest BCUT2D eigenvalue weighted by Gasteiger charge is 2.13. The van der Waals surface area contributed by atoms with Crippen LogP contribution in [0.5, 0.6) is 17.2 Å². The summed E-state index contributed by atoms with van der Waals surface area (Å²) < 4.78 is 5.19. The van der Waals surface area contributed by atoms with Gasteiger partial charge in [0.05, 0.1) is 10.6 Å². The van der Waals surface area contributed by atoms with Gasteiger partial charge in [-0.3, -0.25) is 0 Å². The van der Waals surface area contributed by atoms with Crippen molar-refractivity contribution in [3.63, 3.8) is 0 Å². The molecule has 0 heterocycles. The summed E-state index contributed by atoms with van der Waals surface area (Å²) >= 11 is 5.78. The van der Waals surface area contributed by atoms with E-state index in [1.165, 1.54) is 24.3 Å². The summed E-state index contributed by atoms with van der Waals surface area (Å²) in [5, 5.41) is 19.6. The molecular weight excluding hydrogens is 328 g/mol. The van der Waals surface area contributed by atoms with Gasteiger partial charge in [-0.2, -0.15) is 0 Å². The molecule has 0 saturated carbocycles. The molecule has 0 aliphatic carbocycles. The minimum Gasteiger partial charge on any atom is -0.507 e. The van der Waals surface area contributed by atoms with E-state index >= 15 is 0 Å². The first-order valence-electron chi connectivity index (χ1n) is 7.14. The summed E-state index contributed by atoms with van der Waals surface area (Å²) in [6.45, 7) is 0. The zero-order valence-corrected chi connectivity index (χ0v) is 13.2. The molecule has 120 valence electrons. The molecule has 2 N–H and O–H groups in total. The monoisotopic (exact) mass is 340 g/mol. The number of esters is 1. The van der Waals surface area contributed by atoms with Crippen molar-refractivity contribution in [2.75, 3.05) is 0 Å². The second-order valence-corrected chi connectivity index (χ2v) is 5.51. The third-order valence-corrected chi connectivity index (χ3v) is 3.75. The number of rotatable bonds is 3. The molecule has 0 unspecified atom stereocenters. The number of halogens is 1. The van der Waals surface area contributed by atoms with Crippen molar-refractivity contribution in [2.45, 2.75) is 0 Å². The number of carbonyl (C=O) groups is 1. The Hall–Kier alpha value is -2.98. The molecule has 0 aliphatic rings. The highest BCUT2D eigenvalue weighted by molar-refractivity contribution is 6.32. The Kier molecular flexibility index (Phi) is 4.40. The number of hydrogen-bond donors (Lipinski definition) is 2. The Morgan fingerprint density at radius 2 is 1.62 bits per heavy atom. The summed E-state index contributed by atoms with van der Waals surface area (Å²) in [7, 11) is 0. The summed E-state index contributed by atoms with van der Waals surface area (Å²) in [5.74, 6) is -0.540. The third kappa shape index (κ3) is 3.34. The number of hydrogen-bond acceptors (Lipinski definition) is 4. The maximum atomic E-state index is 12.2. The van der Waals surface area contributed by atoms with Crippen LogP contribution < -0.4 is 4.74 Å². The average Bonchev–Trinajstić information content (AvgIpc) is 2.59. The van der Waals surface area contributed by atoms with Gasteiger partial charge in [-0.25, -0.2) is 4.79 Å². The van der Waals surface area contributed by atoms with Crippen LogP contribution in [0.25, 0.3) is 11.1 Å². The number of aromatic hydroxyl groups is 2. The lowest BCUT2D eigenvalue weighted by Gasteiger charge is -2.08. The Labute approximate surface area is 143 Å². The minimum absolute atomic E-state index is 0.0145. The molecule has 0 amide bonds. The van der Waals surface area contributed by atoms with E-state index in [-0.39, 0.29) is 27.8 Å². The first-order chi connectivity index (χ1) is 11.5. The quantitative estimate of drug-likeness (QED) is 0.538. The normalized spacial score (nSPS) is 10.4. The predicted molar refractivity (Wildman–Crippen MR) is 91.6 cm³/mol. The Bertz CT molecular complexity index is 891. The van der Waals surface area contributed by atoms with Crippen LogP contribution in [0.3, 0.4) is 0 Å². The first-order valence-corrected chi connectivity index (χ1v) is 7.51. The fraction of sp³-hybridized carbons (Fsp3) is 0. The first kappa shape index (κ1) is 15.9. The lowest BCUT2D eigenvalue weighted by Crippen LogP contribution is -2.08. The van der Waals surface area contributed by atoms with Gasteiger partial charge in [0.1, 0.15) is 17.2 Å². The maximum absolute atomic E-state index is 12.2. The molecule has 0 atom stereocenters. The van der Waals surface area contributed by atoms with Gasteiger partial charge in [-0.15, -0.1) is 0 Å². The van der Waals surface area contributed by atoms with E-state index in [1.54, 1.807) is 12.1 Å². The van der Waals surface area contributed by atoms with Crippen LogP contribution in [0.15, 0.2) is 66.7 Å². The molecule has 3 rings (SSSR count).